The Labute approximate surface area is 76.0 Å². The van der Waals surface area contributed by atoms with Crippen molar-refractivity contribution in [3.63, 3.8) is 0 Å². The molecule has 0 unspecified atom stereocenters. The highest BCUT2D eigenvalue weighted by molar-refractivity contribution is 5.97. The van der Waals surface area contributed by atoms with Crippen LogP contribution in [0.1, 0.15) is 19.3 Å². The summed E-state index contributed by atoms with van der Waals surface area (Å²) in [6.07, 6.45) is 2.83. The van der Waals surface area contributed by atoms with Crippen molar-refractivity contribution in [1.29, 1.82) is 0 Å². The number of nitrogens with zero attached hydrogens (tertiary/aromatic N) is 1. The molecule has 1 aliphatic heterocycles. The first-order valence-electron chi connectivity index (χ1n) is 4.32. The second-order valence-corrected chi connectivity index (χ2v) is 3.18. The van der Waals surface area contributed by atoms with E-state index < -0.39 is 18.0 Å². The Bertz CT molecular complexity index is 196. The SMILES string of the molecule is O=C(O)C(C(=O)O)N1CCCCC1. The van der Waals surface area contributed by atoms with Gasteiger partial charge in [-0.05, 0) is 25.9 Å². The summed E-state index contributed by atoms with van der Waals surface area (Å²) in [5.74, 6) is -2.54. The average Bonchev–Trinajstić information content (AvgIpc) is 2.04. The van der Waals surface area contributed by atoms with Crippen LogP contribution in [0.3, 0.4) is 0 Å². The smallest absolute Gasteiger partial charge is 0.332 e. The van der Waals surface area contributed by atoms with E-state index in [-0.39, 0.29) is 0 Å². The number of hydrogen-bond acceptors (Lipinski definition) is 3. The van der Waals surface area contributed by atoms with E-state index in [2.05, 4.69) is 0 Å². The summed E-state index contributed by atoms with van der Waals surface area (Å²) in [7, 11) is 0. The summed E-state index contributed by atoms with van der Waals surface area (Å²) in [5, 5.41) is 17.3. The maximum Gasteiger partial charge on any atom is 0.332 e. The molecule has 0 aromatic heterocycles. The molecule has 1 saturated heterocycles. The monoisotopic (exact) mass is 187 g/mol. The molecule has 5 nitrogen and oxygen atoms in total. The predicted molar refractivity (Wildman–Crippen MR) is 44.5 cm³/mol. The van der Waals surface area contributed by atoms with E-state index in [4.69, 9.17) is 10.2 Å². The third-order valence-electron chi connectivity index (χ3n) is 2.22. The van der Waals surface area contributed by atoms with Crippen molar-refractivity contribution < 1.29 is 19.8 Å². The number of carboxylic acids is 2. The summed E-state index contributed by atoms with van der Waals surface area (Å²) in [5.41, 5.74) is 0. The molecular formula is C8H13NO4. The van der Waals surface area contributed by atoms with Gasteiger partial charge in [0.2, 0.25) is 6.04 Å². The van der Waals surface area contributed by atoms with Crippen LogP contribution in [0.25, 0.3) is 0 Å². The van der Waals surface area contributed by atoms with E-state index in [0.29, 0.717) is 13.1 Å². The van der Waals surface area contributed by atoms with Crippen LogP contribution in [0, 0.1) is 0 Å². The summed E-state index contributed by atoms with van der Waals surface area (Å²) in [4.78, 5) is 22.7. The number of piperidine rings is 1. The van der Waals surface area contributed by atoms with E-state index in [1.54, 1.807) is 0 Å². The number of likely N-dealkylation sites (tertiary alicyclic amines) is 1. The second kappa shape index (κ2) is 4.23. The van der Waals surface area contributed by atoms with Gasteiger partial charge in [-0.2, -0.15) is 0 Å². The summed E-state index contributed by atoms with van der Waals surface area (Å²) < 4.78 is 0. The van der Waals surface area contributed by atoms with Crippen LogP contribution in [-0.4, -0.2) is 46.2 Å². The van der Waals surface area contributed by atoms with Gasteiger partial charge in [-0.25, -0.2) is 9.59 Å². The topological polar surface area (TPSA) is 77.8 Å². The van der Waals surface area contributed by atoms with Crippen LogP contribution in [0.4, 0.5) is 0 Å². The fraction of sp³-hybridized carbons (Fsp3) is 0.750. The maximum absolute atomic E-state index is 10.6. The predicted octanol–water partition coefficient (Wildman–Crippen LogP) is 0.0101. The maximum atomic E-state index is 10.6. The fourth-order valence-electron chi connectivity index (χ4n) is 1.59. The minimum Gasteiger partial charge on any atom is -0.480 e. The van der Waals surface area contributed by atoms with Crippen molar-refractivity contribution >= 4 is 11.9 Å². The number of carboxylic acid groups (broad SMARTS) is 2. The van der Waals surface area contributed by atoms with Gasteiger partial charge in [0.05, 0.1) is 0 Å². The molecule has 13 heavy (non-hydrogen) atoms. The van der Waals surface area contributed by atoms with Gasteiger partial charge in [0.1, 0.15) is 0 Å². The van der Waals surface area contributed by atoms with E-state index in [1.807, 2.05) is 0 Å². The highest BCUT2D eigenvalue weighted by Gasteiger charge is 2.32. The molecule has 1 aliphatic rings. The van der Waals surface area contributed by atoms with E-state index >= 15 is 0 Å². The summed E-state index contributed by atoms with van der Waals surface area (Å²) >= 11 is 0. The van der Waals surface area contributed by atoms with Gasteiger partial charge in [-0.15, -0.1) is 0 Å². The molecule has 0 spiro atoms. The Balaban J connectivity index is 2.62. The average molecular weight is 187 g/mol. The highest BCUT2D eigenvalue weighted by atomic mass is 16.4. The van der Waals surface area contributed by atoms with Gasteiger partial charge >= 0.3 is 11.9 Å². The van der Waals surface area contributed by atoms with Crippen molar-refractivity contribution in [3.8, 4) is 0 Å². The number of aliphatic carboxylic acids is 2. The molecule has 2 N–H and O–H groups in total. The van der Waals surface area contributed by atoms with Crippen LogP contribution in [-0.2, 0) is 9.59 Å². The highest BCUT2D eigenvalue weighted by Crippen LogP contribution is 2.12. The number of rotatable bonds is 3. The number of carbonyl (C=O) groups is 2. The zero-order valence-electron chi connectivity index (χ0n) is 7.27. The summed E-state index contributed by atoms with van der Waals surface area (Å²) in [6.45, 7) is 1.15. The molecule has 0 radical (unpaired) electrons. The molecule has 0 aromatic carbocycles. The Morgan fingerprint density at radius 2 is 1.46 bits per heavy atom. The normalized spacial score (nSPS) is 18.8. The zero-order chi connectivity index (χ0) is 9.84. The third-order valence-corrected chi connectivity index (χ3v) is 2.22. The molecule has 74 valence electrons. The first-order valence-corrected chi connectivity index (χ1v) is 4.32. The molecule has 5 heteroatoms. The lowest BCUT2D eigenvalue weighted by atomic mass is 10.1. The van der Waals surface area contributed by atoms with Crippen molar-refractivity contribution in [2.75, 3.05) is 13.1 Å². The molecule has 0 atom stereocenters. The van der Waals surface area contributed by atoms with Crippen LogP contribution >= 0.6 is 0 Å². The van der Waals surface area contributed by atoms with Crippen molar-refractivity contribution in [1.82, 2.24) is 4.90 Å². The molecule has 1 rings (SSSR count). The first-order chi connectivity index (χ1) is 6.13. The Hall–Kier alpha value is -1.10. The molecule has 0 bridgehead atoms. The molecule has 0 aliphatic carbocycles. The Kier molecular flexibility index (Phi) is 3.25. The van der Waals surface area contributed by atoms with E-state index in [9.17, 15) is 9.59 Å². The van der Waals surface area contributed by atoms with E-state index in [1.165, 1.54) is 4.90 Å². The fourth-order valence-corrected chi connectivity index (χ4v) is 1.59. The molecule has 1 heterocycles. The van der Waals surface area contributed by atoms with Gasteiger partial charge in [-0.1, -0.05) is 6.42 Å². The minimum atomic E-state index is -1.36. The van der Waals surface area contributed by atoms with Crippen LogP contribution < -0.4 is 0 Å². The van der Waals surface area contributed by atoms with Gasteiger partial charge in [0, 0.05) is 0 Å². The molecule has 1 fully saturated rings. The third kappa shape index (κ3) is 2.42. The minimum absolute atomic E-state index is 0.573. The Morgan fingerprint density at radius 3 is 1.85 bits per heavy atom. The lowest BCUT2D eigenvalue weighted by molar-refractivity contribution is -0.157. The summed E-state index contributed by atoms with van der Waals surface area (Å²) in [6, 6.07) is -1.36. The first kappa shape index (κ1) is 9.98. The molecule has 0 saturated carbocycles. The zero-order valence-corrected chi connectivity index (χ0v) is 7.27. The van der Waals surface area contributed by atoms with Crippen molar-refractivity contribution in [3.05, 3.63) is 0 Å². The quantitative estimate of drug-likeness (QED) is 0.608. The lowest BCUT2D eigenvalue weighted by Gasteiger charge is -2.29. The second-order valence-electron chi connectivity index (χ2n) is 3.18. The van der Waals surface area contributed by atoms with Crippen molar-refractivity contribution in [2.24, 2.45) is 0 Å². The molecule has 0 aromatic rings. The van der Waals surface area contributed by atoms with E-state index in [0.717, 1.165) is 19.3 Å². The van der Waals surface area contributed by atoms with Gasteiger partial charge in [0.25, 0.3) is 0 Å². The lowest BCUT2D eigenvalue weighted by Crippen LogP contribution is -2.48. The van der Waals surface area contributed by atoms with Crippen LogP contribution in [0.5, 0.6) is 0 Å². The number of hydrogen-bond donors (Lipinski definition) is 2. The van der Waals surface area contributed by atoms with Gasteiger partial charge in [-0.3, -0.25) is 4.90 Å². The largest absolute Gasteiger partial charge is 0.480 e. The van der Waals surface area contributed by atoms with Crippen molar-refractivity contribution in [2.45, 2.75) is 25.3 Å². The molecular weight excluding hydrogens is 174 g/mol. The molecule has 0 amide bonds. The standard InChI is InChI=1S/C8H13NO4/c10-7(11)6(8(12)13)9-4-2-1-3-5-9/h6H,1-5H2,(H,10,11)(H,12,13). The van der Waals surface area contributed by atoms with Crippen LogP contribution in [0.15, 0.2) is 0 Å². The van der Waals surface area contributed by atoms with Crippen LogP contribution in [0.2, 0.25) is 0 Å². The van der Waals surface area contributed by atoms with Gasteiger partial charge < -0.3 is 10.2 Å². The van der Waals surface area contributed by atoms with Gasteiger partial charge in [0.15, 0.2) is 0 Å². The Morgan fingerprint density at radius 1 is 1.00 bits per heavy atom.